The summed E-state index contributed by atoms with van der Waals surface area (Å²) in [6.45, 7) is 4.52. The van der Waals surface area contributed by atoms with Crippen molar-refractivity contribution in [1.29, 1.82) is 0 Å². The van der Waals surface area contributed by atoms with E-state index in [0.717, 1.165) is 5.56 Å². The van der Waals surface area contributed by atoms with E-state index in [4.69, 9.17) is 4.74 Å². The van der Waals surface area contributed by atoms with Crippen molar-refractivity contribution in [1.82, 2.24) is 5.32 Å². The van der Waals surface area contributed by atoms with Gasteiger partial charge in [0.2, 0.25) is 0 Å². The summed E-state index contributed by atoms with van der Waals surface area (Å²) in [5.41, 5.74) is 3.54. The van der Waals surface area contributed by atoms with Gasteiger partial charge in [-0.25, -0.2) is 4.79 Å². The van der Waals surface area contributed by atoms with Gasteiger partial charge in [0.15, 0.2) is 0 Å². The summed E-state index contributed by atoms with van der Waals surface area (Å²) >= 11 is 0. The molecule has 3 nitrogen and oxygen atoms in total. The van der Waals surface area contributed by atoms with Crippen LogP contribution in [0.25, 0.3) is 0 Å². The van der Waals surface area contributed by atoms with Crippen LogP contribution >= 0.6 is 0 Å². The summed E-state index contributed by atoms with van der Waals surface area (Å²) in [6.07, 6.45) is -0.323. The van der Waals surface area contributed by atoms with E-state index < -0.39 is 0 Å². The number of hydrogen-bond donors (Lipinski definition) is 1. The summed E-state index contributed by atoms with van der Waals surface area (Å²) in [4.78, 5) is 10.9. The van der Waals surface area contributed by atoms with E-state index in [0.29, 0.717) is 6.61 Å². The van der Waals surface area contributed by atoms with Crippen LogP contribution in [0.2, 0.25) is 0 Å². The maximum absolute atomic E-state index is 10.9. The molecule has 0 spiro atoms. The second-order valence-electron chi connectivity index (χ2n) is 3.66. The third-order valence-corrected chi connectivity index (χ3v) is 2.48. The average molecular weight is 191 g/mol. The quantitative estimate of drug-likeness (QED) is 0.738. The highest BCUT2D eigenvalue weighted by molar-refractivity contribution is 5.70. The van der Waals surface area contributed by atoms with E-state index in [9.17, 15) is 4.79 Å². The maximum Gasteiger partial charge on any atom is 0.407 e. The van der Waals surface area contributed by atoms with Crippen molar-refractivity contribution < 1.29 is 9.53 Å². The summed E-state index contributed by atoms with van der Waals surface area (Å²) in [7, 11) is 0. The number of carbonyl (C=O) groups excluding carboxylic acids is 1. The molecule has 1 aliphatic rings. The van der Waals surface area contributed by atoms with Crippen molar-refractivity contribution in [2.24, 2.45) is 0 Å². The molecule has 1 atom stereocenters. The van der Waals surface area contributed by atoms with Crippen LogP contribution in [-0.2, 0) is 4.74 Å². The van der Waals surface area contributed by atoms with Gasteiger partial charge in [0.05, 0.1) is 6.04 Å². The monoisotopic (exact) mass is 191 g/mol. The SMILES string of the molecule is Cc1ccc(C)c([C@@H]2COC(=O)N2)c1. The summed E-state index contributed by atoms with van der Waals surface area (Å²) in [5.74, 6) is 0. The van der Waals surface area contributed by atoms with E-state index in [1.807, 2.05) is 13.8 Å². The lowest BCUT2D eigenvalue weighted by Gasteiger charge is -2.11. The zero-order valence-corrected chi connectivity index (χ0v) is 8.33. The third-order valence-electron chi connectivity index (χ3n) is 2.48. The average Bonchev–Trinajstić information content (AvgIpc) is 2.56. The molecular weight excluding hydrogens is 178 g/mol. The number of nitrogens with one attached hydrogen (secondary N) is 1. The molecule has 1 fully saturated rings. The van der Waals surface area contributed by atoms with Crippen LogP contribution < -0.4 is 5.32 Å². The Bertz CT molecular complexity index is 374. The fraction of sp³-hybridized carbons (Fsp3) is 0.364. The maximum atomic E-state index is 10.9. The molecule has 1 amide bonds. The van der Waals surface area contributed by atoms with Crippen LogP contribution in [0.4, 0.5) is 4.79 Å². The Labute approximate surface area is 83.1 Å². The zero-order valence-electron chi connectivity index (χ0n) is 8.33. The molecule has 1 saturated heterocycles. The van der Waals surface area contributed by atoms with Crippen LogP contribution in [0.5, 0.6) is 0 Å². The van der Waals surface area contributed by atoms with Gasteiger partial charge in [0.25, 0.3) is 0 Å². The van der Waals surface area contributed by atoms with E-state index in [-0.39, 0.29) is 12.1 Å². The van der Waals surface area contributed by atoms with Crippen LogP contribution in [0.1, 0.15) is 22.7 Å². The molecule has 74 valence electrons. The molecule has 1 heterocycles. The van der Waals surface area contributed by atoms with Crippen molar-refractivity contribution in [3.8, 4) is 0 Å². The topological polar surface area (TPSA) is 38.3 Å². The number of aryl methyl sites for hydroxylation is 2. The first-order valence-corrected chi connectivity index (χ1v) is 4.67. The highest BCUT2D eigenvalue weighted by Crippen LogP contribution is 2.22. The Morgan fingerprint density at radius 2 is 2.21 bits per heavy atom. The number of cyclic esters (lactones) is 1. The highest BCUT2D eigenvalue weighted by Gasteiger charge is 2.24. The first kappa shape index (κ1) is 9.06. The molecule has 1 aromatic carbocycles. The molecule has 2 rings (SSSR count). The van der Waals surface area contributed by atoms with Gasteiger partial charge in [0, 0.05) is 0 Å². The number of amides is 1. The highest BCUT2D eigenvalue weighted by atomic mass is 16.6. The lowest BCUT2D eigenvalue weighted by molar-refractivity contribution is 0.177. The number of carbonyl (C=O) groups is 1. The van der Waals surface area contributed by atoms with Gasteiger partial charge >= 0.3 is 6.09 Å². The minimum atomic E-state index is -0.323. The lowest BCUT2D eigenvalue weighted by atomic mass is 10.00. The molecular formula is C11H13NO2. The van der Waals surface area contributed by atoms with Crippen molar-refractivity contribution in [2.75, 3.05) is 6.61 Å². The van der Waals surface area contributed by atoms with Gasteiger partial charge in [-0.05, 0) is 25.0 Å². The van der Waals surface area contributed by atoms with Crippen LogP contribution in [0.3, 0.4) is 0 Å². The minimum absolute atomic E-state index is 0.0161. The van der Waals surface area contributed by atoms with E-state index in [1.54, 1.807) is 0 Å². The number of alkyl carbamates (subject to hydrolysis) is 1. The second-order valence-corrected chi connectivity index (χ2v) is 3.66. The molecule has 0 unspecified atom stereocenters. The first-order valence-electron chi connectivity index (χ1n) is 4.67. The van der Waals surface area contributed by atoms with Crippen molar-refractivity contribution >= 4 is 6.09 Å². The van der Waals surface area contributed by atoms with E-state index in [2.05, 4.69) is 23.5 Å². The Kier molecular flexibility index (Phi) is 2.15. The van der Waals surface area contributed by atoms with Gasteiger partial charge in [-0.1, -0.05) is 23.8 Å². The molecule has 1 aliphatic heterocycles. The molecule has 14 heavy (non-hydrogen) atoms. The zero-order chi connectivity index (χ0) is 10.1. The Morgan fingerprint density at radius 1 is 1.43 bits per heavy atom. The van der Waals surface area contributed by atoms with Crippen molar-refractivity contribution in [2.45, 2.75) is 19.9 Å². The summed E-state index contributed by atoms with van der Waals surface area (Å²) in [6, 6.07) is 6.24. The molecule has 0 aliphatic carbocycles. The normalized spacial score (nSPS) is 20.4. The molecule has 1 N–H and O–H groups in total. The molecule has 0 saturated carbocycles. The number of hydrogen-bond acceptors (Lipinski definition) is 2. The molecule has 0 radical (unpaired) electrons. The van der Waals surface area contributed by atoms with Crippen molar-refractivity contribution in [3.05, 3.63) is 34.9 Å². The molecule has 0 bridgehead atoms. The van der Waals surface area contributed by atoms with Gasteiger partial charge in [0.1, 0.15) is 6.61 Å². The molecule has 1 aromatic rings. The lowest BCUT2D eigenvalue weighted by Crippen LogP contribution is -2.19. The van der Waals surface area contributed by atoms with Crippen LogP contribution in [0.15, 0.2) is 18.2 Å². The third kappa shape index (κ3) is 1.58. The summed E-state index contributed by atoms with van der Waals surface area (Å²) < 4.78 is 4.86. The summed E-state index contributed by atoms with van der Waals surface area (Å²) in [5, 5.41) is 2.78. The Hall–Kier alpha value is -1.51. The van der Waals surface area contributed by atoms with Gasteiger partial charge < -0.3 is 10.1 Å². The fourth-order valence-electron chi connectivity index (χ4n) is 1.69. The number of benzene rings is 1. The predicted molar refractivity (Wildman–Crippen MR) is 53.1 cm³/mol. The van der Waals surface area contributed by atoms with Gasteiger partial charge in [-0.15, -0.1) is 0 Å². The standard InChI is InChI=1S/C11H13NO2/c1-7-3-4-8(2)9(5-7)10-6-14-11(13)12-10/h3-5,10H,6H2,1-2H3,(H,12,13)/t10-/m0/s1. The van der Waals surface area contributed by atoms with E-state index in [1.165, 1.54) is 11.1 Å². The van der Waals surface area contributed by atoms with Crippen molar-refractivity contribution in [3.63, 3.8) is 0 Å². The Morgan fingerprint density at radius 3 is 2.86 bits per heavy atom. The first-order chi connectivity index (χ1) is 6.66. The Balaban J connectivity index is 2.31. The van der Waals surface area contributed by atoms with E-state index >= 15 is 0 Å². The molecule has 3 heteroatoms. The van der Waals surface area contributed by atoms with Gasteiger partial charge in [-0.3, -0.25) is 0 Å². The smallest absolute Gasteiger partial charge is 0.407 e. The van der Waals surface area contributed by atoms with Crippen LogP contribution in [-0.4, -0.2) is 12.7 Å². The predicted octanol–water partition coefficient (Wildman–Crippen LogP) is 2.08. The largest absolute Gasteiger partial charge is 0.447 e. The minimum Gasteiger partial charge on any atom is -0.447 e. The fourth-order valence-corrected chi connectivity index (χ4v) is 1.69. The van der Waals surface area contributed by atoms with Crippen LogP contribution in [0, 0.1) is 13.8 Å². The number of rotatable bonds is 1. The van der Waals surface area contributed by atoms with Gasteiger partial charge in [-0.2, -0.15) is 0 Å². The molecule has 0 aromatic heterocycles. The number of ether oxygens (including phenoxy) is 1. The second kappa shape index (κ2) is 3.33.